The molecule has 0 N–H and O–H groups in total. The van der Waals surface area contributed by atoms with Crippen molar-refractivity contribution in [2.75, 3.05) is 4.90 Å². The normalized spacial score (nSPS) is 24.3. The molecule has 6 nitrogen and oxygen atoms in total. The van der Waals surface area contributed by atoms with Crippen LogP contribution in [0.3, 0.4) is 0 Å². The van der Waals surface area contributed by atoms with Crippen molar-refractivity contribution >= 4 is 28.8 Å². The Hall–Kier alpha value is -4.32. The minimum Gasteiger partial charge on any atom is -0.274 e. The van der Waals surface area contributed by atoms with Gasteiger partial charge < -0.3 is 0 Å². The van der Waals surface area contributed by atoms with Crippen LogP contribution in [0.15, 0.2) is 96.6 Å². The number of anilines is 1. The van der Waals surface area contributed by atoms with E-state index in [1.165, 1.54) is 12.1 Å². The zero-order valence-corrected chi connectivity index (χ0v) is 19.0. The van der Waals surface area contributed by atoms with E-state index in [-0.39, 0.29) is 35.0 Å². The molecule has 0 aromatic heterocycles. The number of carbonyl (C=O) groups is 2. The van der Waals surface area contributed by atoms with Gasteiger partial charge in [0.1, 0.15) is 5.69 Å². The molecule has 172 valence electrons. The van der Waals surface area contributed by atoms with Gasteiger partial charge in [-0.3, -0.25) is 19.7 Å². The fourth-order valence-corrected chi connectivity index (χ4v) is 6.01. The maximum absolute atomic E-state index is 13.7. The second-order valence-corrected chi connectivity index (χ2v) is 9.31. The quantitative estimate of drug-likeness (QED) is 0.227. The number of aryl methyl sites for hydroxylation is 1. The molecule has 1 saturated heterocycles. The third-order valence-electron chi connectivity index (χ3n) is 7.40. The van der Waals surface area contributed by atoms with Crippen LogP contribution in [0.4, 0.5) is 11.4 Å². The molecule has 0 radical (unpaired) electrons. The Morgan fingerprint density at radius 1 is 0.800 bits per heavy atom. The number of hydrogen-bond acceptors (Lipinski definition) is 4. The van der Waals surface area contributed by atoms with Crippen molar-refractivity contribution < 1.29 is 14.5 Å². The number of allylic oxidation sites excluding steroid dienone is 3. The van der Waals surface area contributed by atoms with E-state index in [1.807, 2.05) is 48.6 Å². The molecule has 3 aromatic rings. The van der Waals surface area contributed by atoms with E-state index in [4.69, 9.17) is 0 Å². The zero-order chi connectivity index (χ0) is 24.3. The predicted molar refractivity (Wildman–Crippen MR) is 132 cm³/mol. The minimum atomic E-state index is -0.559. The number of amides is 2. The third-order valence-corrected chi connectivity index (χ3v) is 7.40. The Balaban J connectivity index is 1.49. The second-order valence-electron chi connectivity index (χ2n) is 9.31. The van der Waals surface area contributed by atoms with E-state index in [9.17, 15) is 19.7 Å². The monoisotopic (exact) mass is 462 g/mol. The van der Waals surface area contributed by atoms with Crippen LogP contribution in [0, 0.1) is 40.7 Å². The number of rotatable bonds is 4. The Kier molecular flexibility index (Phi) is 4.78. The molecule has 4 atom stereocenters. The number of fused-ring (bicyclic) bond motifs is 5. The van der Waals surface area contributed by atoms with Crippen molar-refractivity contribution in [3.05, 3.63) is 123 Å². The lowest BCUT2D eigenvalue weighted by molar-refractivity contribution is -0.384. The lowest BCUT2D eigenvalue weighted by atomic mass is 9.85. The summed E-state index contributed by atoms with van der Waals surface area (Å²) in [6.45, 7) is 1.75. The summed E-state index contributed by atoms with van der Waals surface area (Å²) < 4.78 is 0. The van der Waals surface area contributed by atoms with E-state index in [1.54, 1.807) is 13.0 Å². The molecule has 6 rings (SSSR count). The highest BCUT2D eigenvalue weighted by Gasteiger charge is 2.63. The number of hydrogen-bond donors (Lipinski definition) is 0. The van der Waals surface area contributed by atoms with E-state index >= 15 is 0 Å². The maximum Gasteiger partial charge on any atom is 0.293 e. The summed E-state index contributed by atoms with van der Waals surface area (Å²) in [5.74, 6) is -2.30. The second kappa shape index (κ2) is 7.87. The van der Waals surface area contributed by atoms with Crippen molar-refractivity contribution in [3.63, 3.8) is 0 Å². The molecule has 0 spiro atoms. The van der Waals surface area contributed by atoms with Crippen LogP contribution in [0.2, 0.25) is 0 Å². The first-order valence-corrected chi connectivity index (χ1v) is 11.6. The van der Waals surface area contributed by atoms with Crippen molar-refractivity contribution in [1.29, 1.82) is 0 Å². The van der Waals surface area contributed by atoms with Crippen LogP contribution in [0.5, 0.6) is 0 Å². The molecule has 2 amide bonds. The van der Waals surface area contributed by atoms with E-state index < -0.39 is 16.8 Å². The van der Waals surface area contributed by atoms with Crippen molar-refractivity contribution in [3.8, 4) is 0 Å². The van der Waals surface area contributed by atoms with Gasteiger partial charge in [-0.1, -0.05) is 78.9 Å². The molecule has 35 heavy (non-hydrogen) atoms. The summed E-state index contributed by atoms with van der Waals surface area (Å²) in [5.41, 5.74) is 4.74. The van der Waals surface area contributed by atoms with Crippen LogP contribution in [-0.4, -0.2) is 16.7 Å². The largest absolute Gasteiger partial charge is 0.293 e. The Morgan fingerprint density at radius 3 is 1.80 bits per heavy atom. The summed E-state index contributed by atoms with van der Waals surface area (Å²) >= 11 is 0. The summed E-state index contributed by atoms with van der Waals surface area (Å²) in [6, 6.07) is 24.7. The zero-order valence-electron chi connectivity index (χ0n) is 19.0. The Labute approximate surface area is 202 Å². The van der Waals surface area contributed by atoms with Gasteiger partial charge in [0.2, 0.25) is 11.8 Å². The van der Waals surface area contributed by atoms with E-state index in [0.29, 0.717) is 5.56 Å². The van der Waals surface area contributed by atoms with Crippen molar-refractivity contribution in [2.45, 2.75) is 6.92 Å². The average Bonchev–Trinajstić information content (AvgIpc) is 3.50. The molecule has 1 aliphatic heterocycles. The summed E-state index contributed by atoms with van der Waals surface area (Å²) in [7, 11) is 0. The van der Waals surface area contributed by atoms with Crippen LogP contribution in [0.25, 0.3) is 5.57 Å². The number of benzene rings is 3. The van der Waals surface area contributed by atoms with Gasteiger partial charge in [0, 0.05) is 17.9 Å². The molecule has 1 heterocycles. The number of carbonyl (C=O) groups excluding carboxylic acids is 2. The van der Waals surface area contributed by atoms with Crippen LogP contribution < -0.4 is 4.90 Å². The number of nitrogens with zero attached hydrogens (tertiary/aromatic N) is 2. The fraction of sp³-hybridized carbons (Fsp3) is 0.172. The SMILES string of the molecule is Cc1ccc(N2C(=O)[C@@H]3[C@H](C2=O)[C@H]2C=C[C@H]3C2=C(c2ccccc2)c2ccccc2)c([N+](=O)[O-])c1. The van der Waals surface area contributed by atoms with Gasteiger partial charge in [-0.05, 0) is 40.8 Å². The molecule has 2 bridgehead atoms. The van der Waals surface area contributed by atoms with E-state index in [0.717, 1.165) is 27.2 Å². The fourth-order valence-electron chi connectivity index (χ4n) is 6.01. The molecule has 3 aliphatic rings. The predicted octanol–water partition coefficient (Wildman–Crippen LogP) is 5.33. The molecular formula is C29H22N2O4. The maximum atomic E-state index is 13.7. The van der Waals surface area contributed by atoms with Gasteiger partial charge in [-0.25, -0.2) is 4.90 Å². The topological polar surface area (TPSA) is 80.5 Å². The van der Waals surface area contributed by atoms with Gasteiger partial charge in [0.05, 0.1) is 16.8 Å². The molecule has 0 unspecified atom stereocenters. The molecule has 3 aromatic carbocycles. The molecule has 2 aliphatic carbocycles. The molecule has 6 heteroatoms. The number of nitro groups is 1. The first-order chi connectivity index (χ1) is 17.0. The highest BCUT2D eigenvalue weighted by atomic mass is 16.6. The van der Waals surface area contributed by atoms with Crippen LogP contribution in [0.1, 0.15) is 16.7 Å². The first kappa shape index (κ1) is 21.2. The van der Waals surface area contributed by atoms with Crippen LogP contribution in [-0.2, 0) is 9.59 Å². The lowest BCUT2D eigenvalue weighted by Crippen LogP contribution is -2.33. The Bertz CT molecular complexity index is 1370. The van der Waals surface area contributed by atoms with Crippen molar-refractivity contribution in [1.82, 2.24) is 0 Å². The molecule has 1 saturated carbocycles. The molecule has 2 fully saturated rings. The van der Waals surface area contributed by atoms with Gasteiger partial charge in [-0.15, -0.1) is 0 Å². The first-order valence-electron chi connectivity index (χ1n) is 11.6. The van der Waals surface area contributed by atoms with Gasteiger partial charge in [0.25, 0.3) is 5.69 Å². The Morgan fingerprint density at radius 2 is 1.31 bits per heavy atom. The summed E-state index contributed by atoms with van der Waals surface area (Å²) in [5, 5.41) is 11.7. The average molecular weight is 463 g/mol. The third kappa shape index (κ3) is 3.10. The minimum absolute atomic E-state index is 0.0567. The standard InChI is InChI=1S/C29H22N2O4/c1-17-12-15-22(23(16-17)31(34)35)30-28(32)26-20-13-14-21(27(26)29(30)33)25(20)24(18-8-4-2-5-9-18)19-10-6-3-7-11-19/h2-16,20-21,26-27H,1H3/t20-,21-,26-,27+/m0/s1. The van der Waals surface area contributed by atoms with E-state index in [2.05, 4.69) is 24.3 Å². The lowest BCUT2D eigenvalue weighted by Gasteiger charge is -2.21. The van der Waals surface area contributed by atoms with Gasteiger partial charge in [-0.2, -0.15) is 0 Å². The smallest absolute Gasteiger partial charge is 0.274 e. The number of imide groups is 1. The summed E-state index contributed by atoms with van der Waals surface area (Å²) in [6.07, 6.45) is 4.07. The highest BCUT2D eigenvalue weighted by Crippen LogP contribution is 2.59. The van der Waals surface area contributed by atoms with Crippen molar-refractivity contribution in [2.24, 2.45) is 23.7 Å². The highest BCUT2D eigenvalue weighted by molar-refractivity contribution is 6.24. The number of nitro benzene ring substituents is 1. The molecular weight excluding hydrogens is 440 g/mol. The van der Waals surface area contributed by atoms with Crippen LogP contribution >= 0.6 is 0 Å². The van der Waals surface area contributed by atoms with Gasteiger partial charge in [0.15, 0.2) is 0 Å². The van der Waals surface area contributed by atoms with Gasteiger partial charge >= 0.3 is 0 Å². The summed E-state index contributed by atoms with van der Waals surface area (Å²) in [4.78, 5) is 39.7.